The molecular weight excluding hydrogens is 370 g/mol. The molecule has 0 bridgehead atoms. The van der Waals surface area contributed by atoms with E-state index in [1.165, 1.54) is 19.3 Å². The maximum Gasteiger partial charge on any atom is 0.187 e. The summed E-state index contributed by atoms with van der Waals surface area (Å²) >= 11 is 11.7. The van der Waals surface area contributed by atoms with E-state index < -0.39 is 0 Å². The molecule has 1 saturated carbocycles. The Balaban J connectivity index is 1.96. The third-order valence-corrected chi connectivity index (χ3v) is 4.59. The molecule has 1 aromatic carbocycles. The van der Waals surface area contributed by atoms with E-state index in [0.29, 0.717) is 40.9 Å². The number of hydrogen-bond acceptors (Lipinski definition) is 4. The molecule has 0 spiro atoms. The first-order valence-electron chi connectivity index (χ1n) is 9.32. The summed E-state index contributed by atoms with van der Waals surface area (Å²) in [7, 11) is 0. The fourth-order valence-electron chi connectivity index (χ4n) is 2.90. The third-order valence-electron chi connectivity index (χ3n) is 4.10. The van der Waals surface area contributed by atoms with Crippen LogP contribution in [0, 0.1) is 0 Å². The Kier molecular flexibility index (Phi) is 8.98. The van der Waals surface area contributed by atoms with Gasteiger partial charge in [-0.3, -0.25) is 5.43 Å². The monoisotopic (exact) mass is 397 g/mol. The van der Waals surface area contributed by atoms with Crippen molar-refractivity contribution in [2.24, 2.45) is 5.10 Å². The lowest BCUT2D eigenvalue weighted by atomic mass is 9.96. The first kappa shape index (κ1) is 20.8. The Bertz CT molecular complexity index is 619. The van der Waals surface area contributed by atoms with Crippen molar-refractivity contribution in [3.05, 3.63) is 22.7 Å². The molecule has 26 heavy (non-hydrogen) atoms. The second-order valence-corrected chi connectivity index (χ2v) is 7.11. The molecule has 1 aromatic rings. The number of halogens is 1. The zero-order valence-electron chi connectivity index (χ0n) is 15.5. The van der Waals surface area contributed by atoms with Crippen LogP contribution in [-0.4, -0.2) is 30.6 Å². The summed E-state index contributed by atoms with van der Waals surface area (Å²) in [5.41, 5.74) is 3.69. The molecule has 0 aliphatic heterocycles. The maximum atomic E-state index is 6.35. The average molecular weight is 398 g/mol. The standard InChI is InChI=1S/C19H28ClN3O2S/c1-3-10-25-18-16(20)11-14(12-17(18)24-4-2)13-21-23-19(26)22-15-8-6-5-7-9-15/h11-13,15H,3-10H2,1-2H3,(H2,22,23,26)/b21-13-. The van der Waals surface area contributed by atoms with Gasteiger partial charge in [0.1, 0.15) is 0 Å². The number of benzene rings is 1. The van der Waals surface area contributed by atoms with E-state index in [9.17, 15) is 0 Å². The van der Waals surface area contributed by atoms with Gasteiger partial charge >= 0.3 is 0 Å². The highest BCUT2D eigenvalue weighted by Gasteiger charge is 2.14. The minimum atomic E-state index is 0.452. The lowest BCUT2D eigenvalue weighted by molar-refractivity contribution is 0.277. The number of nitrogens with one attached hydrogen (secondary N) is 2. The molecule has 144 valence electrons. The quantitative estimate of drug-likeness (QED) is 0.379. The lowest BCUT2D eigenvalue weighted by Gasteiger charge is -2.23. The van der Waals surface area contributed by atoms with Gasteiger partial charge in [0.15, 0.2) is 16.6 Å². The van der Waals surface area contributed by atoms with Crippen LogP contribution in [0.15, 0.2) is 17.2 Å². The Hall–Kier alpha value is -1.53. The molecule has 0 radical (unpaired) electrons. The van der Waals surface area contributed by atoms with Crippen LogP contribution in [0.4, 0.5) is 0 Å². The molecule has 1 aliphatic rings. The average Bonchev–Trinajstić information content (AvgIpc) is 2.62. The van der Waals surface area contributed by atoms with E-state index in [0.717, 1.165) is 24.8 Å². The normalized spacial score (nSPS) is 15.0. The van der Waals surface area contributed by atoms with Gasteiger partial charge in [0.2, 0.25) is 0 Å². The zero-order chi connectivity index (χ0) is 18.8. The van der Waals surface area contributed by atoms with Crippen molar-refractivity contribution >= 4 is 35.1 Å². The number of hydrazone groups is 1. The summed E-state index contributed by atoms with van der Waals surface area (Å²) in [5, 5.41) is 8.58. The van der Waals surface area contributed by atoms with Crippen molar-refractivity contribution < 1.29 is 9.47 Å². The Morgan fingerprint density at radius 3 is 2.73 bits per heavy atom. The van der Waals surface area contributed by atoms with Gasteiger partial charge in [-0.2, -0.15) is 5.10 Å². The number of thiocarbonyl (C=S) groups is 1. The Morgan fingerprint density at radius 1 is 1.27 bits per heavy atom. The van der Waals surface area contributed by atoms with Crippen molar-refractivity contribution in [3.8, 4) is 11.5 Å². The van der Waals surface area contributed by atoms with Crippen LogP contribution in [0.25, 0.3) is 0 Å². The van der Waals surface area contributed by atoms with Gasteiger partial charge in [0.25, 0.3) is 0 Å². The molecule has 0 aromatic heterocycles. The molecular formula is C19H28ClN3O2S. The lowest BCUT2D eigenvalue weighted by Crippen LogP contribution is -2.40. The van der Waals surface area contributed by atoms with E-state index in [4.69, 9.17) is 33.3 Å². The van der Waals surface area contributed by atoms with Gasteiger partial charge < -0.3 is 14.8 Å². The van der Waals surface area contributed by atoms with Crippen molar-refractivity contribution in [3.63, 3.8) is 0 Å². The molecule has 0 amide bonds. The van der Waals surface area contributed by atoms with Crippen LogP contribution in [0.2, 0.25) is 5.02 Å². The summed E-state index contributed by atoms with van der Waals surface area (Å²) in [6.45, 7) is 5.10. The van der Waals surface area contributed by atoms with Crippen LogP contribution in [0.1, 0.15) is 57.9 Å². The van der Waals surface area contributed by atoms with Gasteiger partial charge in [0.05, 0.1) is 24.5 Å². The summed E-state index contributed by atoms with van der Waals surface area (Å²) in [4.78, 5) is 0. The van der Waals surface area contributed by atoms with Gasteiger partial charge in [0, 0.05) is 6.04 Å². The number of hydrogen-bond donors (Lipinski definition) is 2. The predicted molar refractivity (Wildman–Crippen MR) is 112 cm³/mol. The predicted octanol–water partition coefficient (Wildman–Crippen LogP) is 4.66. The van der Waals surface area contributed by atoms with Crippen LogP contribution in [-0.2, 0) is 0 Å². The molecule has 0 saturated heterocycles. The van der Waals surface area contributed by atoms with E-state index in [1.807, 2.05) is 19.9 Å². The SMILES string of the molecule is CCCOc1c(Cl)cc(/C=N\NC(=S)NC2CCCCC2)cc1OCC. The number of ether oxygens (including phenoxy) is 2. The fraction of sp³-hybridized carbons (Fsp3) is 0.579. The summed E-state index contributed by atoms with van der Waals surface area (Å²) < 4.78 is 11.4. The van der Waals surface area contributed by atoms with Gasteiger partial charge in [-0.25, -0.2) is 0 Å². The van der Waals surface area contributed by atoms with E-state index in [2.05, 4.69) is 15.8 Å². The van der Waals surface area contributed by atoms with E-state index in [1.54, 1.807) is 12.3 Å². The van der Waals surface area contributed by atoms with Crippen molar-refractivity contribution in [1.29, 1.82) is 0 Å². The first-order valence-corrected chi connectivity index (χ1v) is 10.1. The zero-order valence-corrected chi connectivity index (χ0v) is 17.1. The van der Waals surface area contributed by atoms with Crippen molar-refractivity contribution in [2.75, 3.05) is 13.2 Å². The van der Waals surface area contributed by atoms with Crippen LogP contribution in [0.3, 0.4) is 0 Å². The summed E-state index contributed by atoms with van der Waals surface area (Å²) in [6.07, 6.45) is 8.74. The summed E-state index contributed by atoms with van der Waals surface area (Å²) in [6, 6.07) is 4.12. The summed E-state index contributed by atoms with van der Waals surface area (Å²) in [5.74, 6) is 1.20. The molecule has 0 atom stereocenters. The van der Waals surface area contributed by atoms with Crippen molar-refractivity contribution in [2.45, 2.75) is 58.4 Å². The van der Waals surface area contributed by atoms with E-state index >= 15 is 0 Å². The molecule has 5 nitrogen and oxygen atoms in total. The highest BCUT2D eigenvalue weighted by Crippen LogP contribution is 2.36. The molecule has 7 heteroatoms. The Labute approximate surface area is 166 Å². The van der Waals surface area contributed by atoms with Crippen LogP contribution in [0.5, 0.6) is 11.5 Å². The molecule has 0 heterocycles. The Morgan fingerprint density at radius 2 is 2.04 bits per heavy atom. The van der Waals surface area contributed by atoms with Gasteiger partial charge in [-0.05, 0) is 56.1 Å². The third kappa shape index (κ3) is 6.65. The highest BCUT2D eigenvalue weighted by molar-refractivity contribution is 7.80. The number of rotatable bonds is 8. The second-order valence-electron chi connectivity index (χ2n) is 6.29. The van der Waals surface area contributed by atoms with Crippen molar-refractivity contribution in [1.82, 2.24) is 10.7 Å². The molecule has 2 rings (SSSR count). The topological polar surface area (TPSA) is 54.9 Å². The molecule has 0 unspecified atom stereocenters. The molecule has 1 aliphatic carbocycles. The van der Waals surface area contributed by atoms with Crippen LogP contribution >= 0.6 is 23.8 Å². The maximum absolute atomic E-state index is 6.35. The highest BCUT2D eigenvalue weighted by atomic mass is 35.5. The van der Waals surface area contributed by atoms with E-state index in [-0.39, 0.29) is 0 Å². The minimum Gasteiger partial charge on any atom is -0.490 e. The van der Waals surface area contributed by atoms with Gasteiger partial charge in [-0.1, -0.05) is 37.8 Å². The smallest absolute Gasteiger partial charge is 0.187 e. The first-order chi connectivity index (χ1) is 12.6. The molecule has 1 fully saturated rings. The van der Waals surface area contributed by atoms with Crippen LogP contribution < -0.4 is 20.2 Å². The molecule has 2 N–H and O–H groups in total. The number of nitrogens with zero attached hydrogens (tertiary/aromatic N) is 1. The van der Waals surface area contributed by atoms with Gasteiger partial charge in [-0.15, -0.1) is 0 Å². The minimum absolute atomic E-state index is 0.452. The fourth-order valence-corrected chi connectivity index (χ4v) is 3.39. The second kappa shape index (κ2) is 11.2. The largest absolute Gasteiger partial charge is 0.490 e.